The molecular weight excluding hydrogens is 658 g/mol. The number of phenols is 1. The van der Waals surface area contributed by atoms with Crippen molar-refractivity contribution in [3.05, 3.63) is 29.8 Å². The number of nitrogens with one attached hydrogen (secondary N) is 2. The van der Waals surface area contributed by atoms with E-state index in [2.05, 4.69) is 11.1 Å². The van der Waals surface area contributed by atoms with E-state index < -0.39 is 66.4 Å². The van der Waals surface area contributed by atoms with Gasteiger partial charge in [-0.3, -0.25) is 34.2 Å². The molecule has 49 heavy (non-hydrogen) atoms. The first-order valence-electron chi connectivity index (χ1n) is 14.3. The summed E-state index contributed by atoms with van der Waals surface area (Å²) in [4.78, 5) is 59.6. The van der Waals surface area contributed by atoms with Crippen molar-refractivity contribution in [1.29, 1.82) is 5.41 Å². The lowest BCUT2D eigenvalue weighted by atomic mass is 10.1. The van der Waals surface area contributed by atoms with Gasteiger partial charge in [-0.2, -0.15) is 0 Å². The highest BCUT2D eigenvalue weighted by Gasteiger charge is 2.14. The second kappa shape index (κ2) is 31.5. The zero-order valence-corrected chi connectivity index (χ0v) is 26.8. The Morgan fingerprint density at radius 1 is 0.653 bits per heavy atom. The number of unbranched alkanes of at least 4 members (excludes halogenated alkanes) is 1. The lowest BCUT2D eigenvalue weighted by Gasteiger charge is -2.06. The van der Waals surface area contributed by atoms with E-state index in [0.717, 1.165) is 18.4 Å². The first kappa shape index (κ1) is 50.7. The molecule has 4 unspecified atom stereocenters. The molecule has 22 heteroatoms. The molecule has 0 saturated heterocycles. The van der Waals surface area contributed by atoms with Gasteiger partial charge in [0, 0.05) is 6.54 Å². The summed E-state index contributed by atoms with van der Waals surface area (Å²) in [5.74, 6) is -6.37. The molecule has 4 atom stereocenters. The van der Waals surface area contributed by atoms with Gasteiger partial charge < -0.3 is 81.2 Å². The first-order valence-corrected chi connectivity index (χ1v) is 14.3. The molecule has 0 aliphatic carbocycles. The second-order valence-corrected chi connectivity index (χ2v) is 9.61. The van der Waals surface area contributed by atoms with Crippen molar-refractivity contribution in [3.8, 4) is 5.75 Å². The second-order valence-electron chi connectivity index (χ2n) is 9.61. The van der Waals surface area contributed by atoms with E-state index in [1.165, 1.54) is 12.1 Å². The van der Waals surface area contributed by atoms with Gasteiger partial charge in [0.15, 0.2) is 5.96 Å². The number of phenolic OH excluding ortho intramolecular Hbond substituents is 1. The number of carboxylic acid groups (broad SMARTS) is 6. The van der Waals surface area contributed by atoms with Gasteiger partial charge in [0.25, 0.3) is 0 Å². The Bertz CT molecular complexity index is 1130. The van der Waals surface area contributed by atoms with Gasteiger partial charge >= 0.3 is 35.8 Å². The molecule has 0 aliphatic heterocycles. The molecule has 1 aromatic rings. The van der Waals surface area contributed by atoms with E-state index in [9.17, 15) is 28.8 Å². The molecule has 0 saturated carbocycles. The average Bonchev–Trinajstić information content (AvgIpc) is 3.01. The lowest BCUT2D eigenvalue weighted by Crippen LogP contribution is -2.34. The standard InChI is InChI=1S/C9H11NO3.C6H14N4O2.C6H14N2O2.C4H7NO4.C2H5NO2/c10-8(9(12)13)5-6-1-3-7(11)4-2-6;7-4(5(11)12)2-1-3-10-6(8)9;7-4-2-1-3-5(8)6(9)10;5-2(4(8)9)1-3(6)7;3-1-2(4)5/h1-4,8,11H,5,10H2,(H,12,13);4H,1-3,7H2,(H,11,12)(H4,8,9,10);5H,1-4,7-8H2,(H,9,10);2H,1,5H2,(H,6,7)(H,8,9);1,3H2,(H,4,5). The van der Waals surface area contributed by atoms with Crippen molar-refractivity contribution >= 4 is 41.8 Å². The van der Waals surface area contributed by atoms with Gasteiger partial charge in [0.2, 0.25) is 0 Å². The van der Waals surface area contributed by atoms with Crippen LogP contribution in [-0.2, 0) is 35.2 Å². The highest BCUT2D eigenvalue weighted by Crippen LogP contribution is 2.10. The Morgan fingerprint density at radius 2 is 1.06 bits per heavy atom. The van der Waals surface area contributed by atoms with Crippen LogP contribution in [0.1, 0.15) is 44.1 Å². The van der Waals surface area contributed by atoms with Gasteiger partial charge in [-0.1, -0.05) is 18.6 Å². The van der Waals surface area contributed by atoms with Crippen molar-refractivity contribution in [2.75, 3.05) is 19.6 Å². The van der Waals surface area contributed by atoms with E-state index in [-0.39, 0.29) is 24.7 Å². The fourth-order valence-electron chi connectivity index (χ4n) is 2.55. The molecular formula is C27H51N9O13. The first-order chi connectivity index (χ1) is 22.6. The molecule has 1 rings (SSSR count). The topological polar surface area (TPSA) is 462 Å². The Balaban J connectivity index is -0.000000266. The van der Waals surface area contributed by atoms with E-state index >= 15 is 0 Å². The number of benzene rings is 1. The van der Waals surface area contributed by atoms with Crippen LogP contribution in [0.5, 0.6) is 5.75 Å². The van der Waals surface area contributed by atoms with E-state index in [1.807, 2.05) is 0 Å². The quantitative estimate of drug-likeness (QED) is 0.0422. The highest BCUT2D eigenvalue weighted by molar-refractivity contribution is 5.80. The van der Waals surface area contributed by atoms with Crippen LogP contribution in [0, 0.1) is 5.41 Å². The Kier molecular flexibility index (Phi) is 32.6. The average molecular weight is 710 g/mol. The maximum atomic E-state index is 10.4. The summed E-state index contributed by atoms with van der Waals surface area (Å²) in [6.07, 6.45) is 2.88. The summed E-state index contributed by atoms with van der Waals surface area (Å²) in [7, 11) is 0. The molecule has 23 N–H and O–H groups in total. The van der Waals surface area contributed by atoms with E-state index in [1.54, 1.807) is 12.1 Å². The number of carbonyl (C=O) groups is 6. The van der Waals surface area contributed by atoms with Gasteiger partial charge in [-0.25, -0.2) is 0 Å². The third-order valence-corrected chi connectivity index (χ3v) is 5.21. The molecule has 282 valence electrons. The predicted octanol–water partition coefficient (Wildman–Crippen LogP) is -3.56. The van der Waals surface area contributed by atoms with Gasteiger partial charge in [-0.05, 0) is 56.3 Å². The molecule has 0 aromatic heterocycles. The number of hydrogen-bond donors (Lipinski definition) is 16. The summed E-state index contributed by atoms with van der Waals surface area (Å²) >= 11 is 0. The van der Waals surface area contributed by atoms with Crippen molar-refractivity contribution in [2.45, 2.75) is 69.1 Å². The van der Waals surface area contributed by atoms with Crippen LogP contribution in [0.2, 0.25) is 0 Å². The molecule has 1 aromatic carbocycles. The van der Waals surface area contributed by atoms with Gasteiger partial charge in [0.05, 0.1) is 13.0 Å². The molecule has 0 radical (unpaired) electrons. The fraction of sp³-hybridized carbons (Fsp3) is 0.519. The highest BCUT2D eigenvalue weighted by atomic mass is 16.4. The predicted molar refractivity (Wildman–Crippen MR) is 175 cm³/mol. The molecule has 22 nitrogen and oxygen atoms in total. The number of rotatable bonds is 17. The number of guanidine groups is 1. The van der Waals surface area contributed by atoms with Crippen molar-refractivity contribution < 1.29 is 64.5 Å². The van der Waals surface area contributed by atoms with Crippen LogP contribution in [0.15, 0.2) is 24.3 Å². The number of hydrogen-bond acceptors (Lipinski definition) is 14. The smallest absolute Gasteiger partial charge is 0.321 e. The third-order valence-electron chi connectivity index (χ3n) is 5.21. The molecule has 0 aliphatic rings. The minimum atomic E-state index is -1.29. The summed E-state index contributed by atoms with van der Waals surface area (Å²) in [6, 6.07) is 2.60. The van der Waals surface area contributed by atoms with Crippen LogP contribution in [0.25, 0.3) is 0 Å². The number of aliphatic carboxylic acids is 6. The van der Waals surface area contributed by atoms with E-state index in [0.29, 0.717) is 32.4 Å². The van der Waals surface area contributed by atoms with Crippen molar-refractivity contribution in [1.82, 2.24) is 5.32 Å². The van der Waals surface area contributed by atoms with E-state index in [4.69, 9.17) is 75.6 Å². The number of carboxylic acids is 6. The summed E-state index contributed by atoms with van der Waals surface area (Å²) < 4.78 is 0. The Labute approximate surface area is 281 Å². The normalized spacial score (nSPS) is 12.0. The molecule has 0 spiro atoms. The maximum absolute atomic E-state index is 10.4. The Morgan fingerprint density at radius 3 is 1.37 bits per heavy atom. The van der Waals surface area contributed by atoms with Crippen LogP contribution >= 0.6 is 0 Å². The largest absolute Gasteiger partial charge is 0.508 e. The van der Waals surface area contributed by atoms with Gasteiger partial charge in [0.1, 0.15) is 29.9 Å². The van der Waals surface area contributed by atoms with Crippen LogP contribution < -0.4 is 45.5 Å². The molecule has 0 amide bonds. The SMILES string of the molecule is N=C(N)NCCCC(N)C(=O)O.NC(CC(=O)O)C(=O)O.NC(Cc1ccc(O)cc1)C(=O)O.NCC(=O)O.NCCCCC(N)C(=O)O. The molecule has 0 fully saturated rings. The zero-order chi connectivity index (χ0) is 39.1. The summed E-state index contributed by atoms with van der Waals surface area (Å²) in [5.41, 5.74) is 36.2. The van der Waals surface area contributed by atoms with Crippen LogP contribution in [0.4, 0.5) is 0 Å². The number of nitrogens with two attached hydrogens (primary N) is 7. The fourth-order valence-corrected chi connectivity index (χ4v) is 2.55. The summed E-state index contributed by atoms with van der Waals surface area (Å²) in [5, 5.41) is 67.1. The zero-order valence-electron chi connectivity index (χ0n) is 26.8. The monoisotopic (exact) mass is 709 g/mol. The minimum Gasteiger partial charge on any atom is -0.508 e. The molecule has 0 heterocycles. The lowest BCUT2D eigenvalue weighted by molar-refractivity contribution is -0.144. The van der Waals surface area contributed by atoms with Crippen molar-refractivity contribution in [2.24, 2.45) is 40.1 Å². The number of aromatic hydroxyl groups is 1. The van der Waals surface area contributed by atoms with Crippen LogP contribution in [-0.4, -0.2) is 121 Å². The maximum Gasteiger partial charge on any atom is 0.321 e. The van der Waals surface area contributed by atoms with Crippen molar-refractivity contribution in [3.63, 3.8) is 0 Å². The van der Waals surface area contributed by atoms with Crippen LogP contribution in [0.3, 0.4) is 0 Å². The summed E-state index contributed by atoms with van der Waals surface area (Å²) in [6.45, 7) is 0.808. The minimum absolute atomic E-state index is 0.112. The molecule has 0 bridgehead atoms. The van der Waals surface area contributed by atoms with Gasteiger partial charge in [-0.15, -0.1) is 0 Å². The Hall–Kier alpha value is -5.13. The third kappa shape index (κ3) is 39.0.